The SMILES string of the molecule is Cc1cc(N)ccc1N(C)C(C)Cc1cccs1. The zero-order valence-corrected chi connectivity index (χ0v) is 12.0. The fourth-order valence-corrected chi connectivity index (χ4v) is 3.00. The lowest BCUT2D eigenvalue weighted by molar-refractivity contribution is 0.687. The summed E-state index contributed by atoms with van der Waals surface area (Å²) in [5.74, 6) is 0. The van der Waals surface area contributed by atoms with Gasteiger partial charge >= 0.3 is 0 Å². The van der Waals surface area contributed by atoms with Crippen LogP contribution in [-0.4, -0.2) is 13.1 Å². The number of nitrogen functional groups attached to an aromatic ring is 1. The maximum absolute atomic E-state index is 5.80. The number of thiophene rings is 1. The molecule has 1 unspecified atom stereocenters. The molecule has 0 fully saturated rings. The molecule has 1 heterocycles. The Hall–Kier alpha value is -1.48. The first kappa shape index (κ1) is 13.0. The molecule has 1 aromatic carbocycles. The first-order chi connectivity index (χ1) is 8.58. The van der Waals surface area contributed by atoms with E-state index in [4.69, 9.17) is 5.73 Å². The maximum Gasteiger partial charge on any atom is 0.0397 e. The third-order valence-corrected chi connectivity index (χ3v) is 4.24. The van der Waals surface area contributed by atoms with Crippen LogP contribution in [-0.2, 0) is 6.42 Å². The molecule has 0 aliphatic heterocycles. The van der Waals surface area contributed by atoms with E-state index < -0.39 is 0 Å². The van der Waals surface area contributed by atoms with Crippen LogP contribution in [0.4, 0.5) is 11.4 Å². The van der Waals surface area contributed by atoms with Crippen molar-refractivity contribution in [3.05, 3.63) is 46.2 Å². The van der Waals surface area contributed by atoms with Crippen molar-refractivity contribution in [3.8, 4) is 0 Å². The minimum atomic E-state index is 0.478. The molecule has 0 radical (unpaired) electrons. The summed E-state index contributed by atoms with van der Waals surface area (Å²) in [6, 6.07) is 10.9. The van der Waals surface area contributed by atoms with Gasteiger partial charge in [0, 0.05) is 35.8 Å². The number of hydrogen-bond donors (Lipinski definition) is 1. The Kier molecular flexibility index (Phi) is 3.92. The molecule has 1 aromatic heterocycles. The number of likely N-dealkylation sites (N-methyl/N-ethyl adjacent to an activating group) is 1. The molecule has 2 nitrogen and oxygen atoms in total. The third-order valence-electron chi connectivity index (χ3n) is 3.34. The number of aryl methyl sites for hydroxylation is 1. The quantitative estimate of drug-likeness (QED) is 0.849. The summed E-state index contributed by atoms with van der Waals surface area (Å²) >= 11 is 1.82. The van der Waals surface area contributed by atoms with E-state index in [1.807, 2.05) is 23.5 Å². The topological polar surface area (TPSA) is 29.3 Å². The molecule has 0 amide bonds. The molecule has 0 bridgehead atoms. The van der Waals surface area contributed by atoms with Crippen LogP contribution in [0.5, 0.6) is 0 Å². The van der Waals surface area contributed by atoms with Crippen LogP contribution in [0.1, 0.15) is 17.4 Å². The summed E-state index contributed by atoms with van der Waals surface area (Å²) in [6.45, 7) is 4.37. The summed E-state index contributed by atoms with van der Waals surface area (Å²) < 4.78 is 0. The number of benzene rings is 1. The fourth-order valence-electron chi connectivity index (χ4n) is 2.17. The Labute approximate surface area is 113 Å². The third kappa shape index (κ3) is 2.85. The molecule has 0 aliphatic rings. The molecule has 0 saturated heterocycles. The van der Waals surface area contributed by atoms with Crippen molar-refractivity contribution in [2.45, 2.75) is 26.3 Å². The maximum atomic E-state index is 5.80. The molecular formula is C15H20N2S. The van der Waals surface area contributed by atoms with E-state index in [-0.39, 0.29) is 0 Å². The van der Waals surface area contributed by atoms with Crippen LogP contribution in [0.3, 0.4) is 0 Å². The van der Waals surface area contributed by atoms with Gasteiger partial charge in [0.25, 0.3) is 0 Å². The number of nitrogens with zero attached hydrogens (tertiary/aromatic N) is 1. The fraction of sp³-hybridized carbons (Fsp3) is 0.333. The van der Waals surface area contributed by atoms with E-state index in [1.54, 1.807) is 0 Å². The smallest absolute Gasteiger partial charge is 0.0397 e. The van der Waals surface area contributed by atoms with Crippen LogP contribution >= 0.6 is 11.3 Å². The van der Waals surface area contributed by atoms with Crippen molar-refractivity contribution < 1.29 is 0 Å². The Bertz CT molecular complexity index is 505. The number of anilines is 2. The Balaban J connectivity index is 2.12. The van der Waals surface area contributed by atoms with Crippen molar-refractivity contribution in [3.63, 3.8) is 0 Å². The highest BCUT2D eigenvalue weighted by molar-refractivity contribution is 7.09. The average molecular weight is 260 g/mol. The number of hydrogen-bond acceptors (Lipinski definition) is 3. The molecular weight excluding hydrogens is 240 g/mol. The second-order valence-corrected chi connectivity index (χ2v) is 5.82. The lowest BCUT2D eigenvalue weighted by atomic mass is 10.1. The molecule has 0 spiro atoms. The van der Waals surface area contributed by atoms with Gasteiger partial charge in [0.2, 0.25) is 0 Å². The van der Waals surface area contributed by atoms with Crippen molar-refractivity contribution in [1.82, 2.24) is 0 Å². The van der Waals surface area contributed by atoms with Gasteiger partial charge in [-0.3, -0.25) is 0 Å². The minimum absolute atomic E-state index is 0.478. The largest absolute Gasteiger partial charge is 0.399 e. The predicted octanol–water partition coefficient (Wildman–Crippen LogP) is 3.71. The first-order valence-electron chi connectivity index (χ1n) is 6.19. The predicted molar refractivity (Wildman–Crippen MR) is 81.5 cm³/mol. The average Bonchev–Trinajstić information content (AvgIpc) is 2.81. The molecule has 2 rings (SSSR count). The monoisotopic (exact) mass is 260 g/mol. The van der Waals surface area contributed by atoms with Crippen molar-refractivity contribution in [2.24, 2.45) is 0 Å². The second-order valence-electron chi connectivity index (χ2n) is 4.79. The molecule has 18 heavy (non-hydrogen) atoms. The molecule has 3 heteroatoms. The first-order valence-corrected chi connectivity index (χ1v) is 7.07. The molecule has 1 atom stereocenters. The van der Waals surface area contributed by atoms with E-state index in [2.05, 4.69) is 49.4 Å². The highest BCUT2D eigenvalue weighted by Crippen LogP contribution is 2.24. The highest BCUT2D eigenvalue weighted by atomic mass is 32.1. The van der Waals surface area contributed by atoms with Gasteiger partial charge in [-0.1, -0.05) is 6.07 Å². The van der Waals surface area contributed by atoms with E-state index in [9.17, 15) is 0 Å². The van der Waals surface area contributed by atoms with Gasteiger partial charge < -0.3 is 10.6 Å². The summed E-state index contributed by atoms with van der Waals surface area (Å²) in [5, 5.41) is 2.14. The van der Waals surface area contributed by atoms with Gasteiger partial charge in [0.15, 0.2) is 0 Å². The van der Waals surface area contributed by atoms with Crippen molar-refractivity contribution in [1.29, 1.82) is 0 Å². The zero-order valence-electron chi connectivity index (χ0n) is 11.2. The minimum Gasteiger partial charge on any atom is -0.399 e. The van der Waals surface area contributed by atoms with Crippen LogP contribution in [0.2, 0.25) is 0 Å². The summed E-state index contributed by atoms with van der Waals surface area (Å²) in [5.41, 5.74) is 9.12. The molecule has 2 N–H and O–H groups in total. The number of nitrogens with two attached hydrogens (primary N) is 1. The standard InChI is InChI=1S/C15H20N2S/c1-11-9-13(16)6-7-15(11)17(3)12(2)10-14-5-4-8-18-14/h4-9,12H,10,16H2,1-3H3. The normalized spacial score (nSPS) is 12.4. The lowest BCUT2D eigenvalue weighted by Gasteiger charge is -2.28. The molecule has 0 aliphatic carbocycles. The van der Waals surface area contributed by atoms with Crippen LogP contribution < -0.4 is 10.6 Å². The van der Waals surface area contributed by atoms with E-state index in [0.29, 0.717) is 6.04 Å². The van der Waals surface area contributed by atoms with Gasteiger partial charge in [-0.25, -0.2) is 0 Å². The van der Waals surface area contributed by atoms with E-state index in [1.165, 1.54) is 16.1 Å². The van der Waals surface area contributed by atoms with Gasteiger partial charge in [-0.2, -0.15) is 0 Å². The van der Waals surface area contributed by atoms with Gasteiger partial charge in [-0.05, 0) is 49.1 Å². The molecule has 96 valence electrons. The van der Waals surface area contributed by atoms with Crippen LogP contribution in [0, 0.1) is 6.92 Å². The Morgan fingerprint density at radius 2 is 2.11 bits per heavy atom. The molecule has 0 saturated carbocycles. The highest BCUT2D eigenvalue weighted by Gasteiger charge is 2.13. The van der Waals surface area contributed by atoms with Crippen LogP contribution in [0.15, 0.2) is 35.7 Å². The van der Waals surface area contributed by atoms with E-state index in [0.717, 1.165) is 12.1 Å². The van der Waals surface area contributed by atoms with Crippen molar-refractivity contribution in [2.75, 3.05) is 17.7 Å². The van der Waals surface area contributed by atoms with E-state index >= 15 is 0 Å². The summed E-state index contributed by atoms with van der Waals surface area (Å²) in [4.78, 5) is 3.76. The van der Waals surface area contributed by atoms with Gasteiger partial charge in [0.1, 0.15) is 0 Å². The Morgan fingerprint density at radius 3 is 2.72 bits per heavy atom. The zero-order chi connectivity index (χ0) is 13.1. The Morgan fingerprint density at radius 1 is 1.33 bits per heavy atom. The summed E-state index contributed by atoms with van der Waals surface area (Å²) in [7, 11) is 2.15. The lowest BCUT2D eigenvalue weighted by Crippen LogP contribution is -2.31. The summed E-state index contributed by atoms with van der Waals surface area (Å²) in [6.07, 6.45) is 1.08. The van der Waals surface area contributed by atoms with Gasteiger partial charge in [-0.15, -0.1) is 11.3 Å². The van der Waals surface area contributed by atoms with Gasteiger partial charge in [0.05, 0.1) is 0 Å². The van der Waals surface area contributed by atoms with Crippen molar-refractivity contribution >= 4 is 22.7 Å². The molecule has 2 aromatic rings. The van der Waals surface area contributed by atoms with Crippen LogP contribution in [0.25, 0.3) is 0 Å². The number of rotatable bonds is 4. The second kappa shape index (κ2) is 5.44.